The van der Waals surface area contributed by atoms with Crippen LogP contribution in [0.4, 0.5) is 18.9 Å². The smallest absolute Gasteiger partial charge is 0.397 e. The molecule has 90 valence electrons. The van der Waals surface area contributed by atoms with Crippen molar-refractivity contribution in [2.45, 2.75) is 15.4 Å². The predicted octanol–water partition coefficient (Wildman–Crippen LogP) is 2.69. The lowest BCUT2D eigenvalue weighted by molar-refractivity contribution is -0.144. The molecular weight excluding hydrogens is 273 g/mol. The summed E-state index contributed by atoms with van der Waals surface area (Å²) in [5.74, 6) is -1.13. The third-order valence-electron chi connectivity index (χ3n) is 1.67. The van der Waals surface area contributed by atoms with Crippen LogP contribution in [0.1, 0.15) is 5.82 Å². The molecule has 2 aromatic rings. The molecule has 9 heteroatoms. The van der Waals surface area contributed by atoms with Crippen molar-refractivity contribution in [1.29, 1.82) is 0 Å². The van der Waals surface area contributed by atoms with Gasteiger partial charge in [-0.3, -0.25) is 4.98 Å². The largest absolute Gasteiger partial charge is 0.452 e. The molecule has 0 saturated carbocycles. The van der Waals surface area contributed by atoms with Crippen molar-refractivity contribution in [2.75, 3.05) is 5.73 Å². The van der Waals surface area contributed by atoms with Gasteiger partial charge in [0.15, 0.2) is 4.34 Å². The summed E-state index contributed by atoms with van der Waals surface area (Å²) in [6, 6.07) is 1.61. The van der Waals surface area contributed by atoms with Crippen LogP contribution in [-0.4, -0.2) is 14.3 Å². The maximum absolute atomic E-state index is 12.3. The number of halogens is 3. The van der Waals surface area contributed by atoms with E-state index in [0.717, 1.165) is 11.8 Å². The summed E-state index contributed by atoms with van der Waals surface area (Å²) in [6.45, 7) is 0. The molecule has 0 aliphatic carbocycles. The fourth-order valence-electron chi connectivity index (χ4n) is 0.947. The fraction of sp³-hybridized carbons (Fsp3) is 0.125. The van der Waals surface area contributed by atoms with Crippen molar-refractivity contribution in [3.63, 3.8) is 0 Å². The van der Waals surface area contributed by atoms with E-state index in [1.807, 2.05) is 0 Å². The van der Waals surface area contributed by atoms with Gasteiger partial charge in [-0.2, -0.15) is 17.5 Å². The molecule has 0 aliphatic rings. The summed E-state index contributed by atoms with van der Waals surface area (Å²) >= 11 is 1.72. The molecule has 0 aliphatic heterocycles. The highest BCUT2D eigenvalue weighted by molar-refractivity contribution is 8.01. The van der Waals surface area contributed by atoms with Crippen LogP contribution in [0.25, 0.3) is 0 Å². The minimum atomic E-state index is -4.51. The van der Waals surface area contributed by atoms with Gasteiger partial charge < -0.3 is 5.73 Å². The Hall–Kier alpha value is -1.35. The second-order valence-corrected chi connectivity index (χ2v) is 4.94. The molecule has 0 radical (unpaired) electrons. The number of rotatable bonds is 2. The topological polar surface area (TPSA) is 64.7 Å². The number of alkyl halides is 3. The summed E-state index contributed by atoms with van der Waals surface area (Å²) in [7, 11) is 0. The van der Waals surface area contributed by atoms with Crippen LogP contribution < -0.4 is 5.73 Å². The fourth-order valence-corrected chi connectivity index (χ4v) is 2.53. The molecule has 4 nitrogen and oxygen atoms in total. The zero-order chi connectivity index (χ0) is 12.5. The monoisotopic (exact) mass is 278 g/mol. The van der Waals surface area contributed by atoms with E-state index in [1.54, 1.807) is 6.07 Å². The Morgan fingerprint density at radius 2 is 2.12 bits per heavy atom. The first-order valence-corrected chi connectivity index (χ1v) is 5.84. The minimum Gasteiger partial charge on any atom is -0.397 e. The zero-order valence-electron chi connectivity index (χ0n) is 8.10. The number of pyridine rings is 1. The highest BCUT2D eigenvalue weighted by atomic mass is 32.2. The molecule has 0 atom stereocenters. The number of hydrogen-bond donors (Lipinski definition) is 1. The number of nitrogen functional groups attached to an aromatic ring is 1. The number of anilines is 1. The maximum Gasteiger partial charge on any atom is 0.452 e. The standard InChI is InChI=1S/C8H5F3N4S2/c9-8(10,11)6-14-7(17-15-6)16-5-1-2-13-3-4(5)12/h1-3H,12H2. The van der Waals surface area contributed by atoms with Gasteiger partial charge in [-0.05, 0) is 17.6 Å². The van der Waals surface area contributed by atoms with E-state index in [9.17, 15) is 13.2 Å². The van der Waals surface area contributed by atoms with Crippen LogP contribution in [-0.2, 0) is 6.18 Å². The van der Waals surface area contributed by atoms with Gasteiger partial charge in [0.25, 0.3) is 0 Å². The zero-order valence-corrected chi connectivity index (χ0v) is 9.73. The number of nitrogens with two attached hydrogens (primary N) is 1. The summed E-state index contributed by atoms with van der Waals surface area (Å²) in [4.78, 5) is 7.77. The lowest BCUT2D eigenvalue weighted by Crippen LogP contribution is -2.06. The number of hydrogen-bond acceptors (Lipinski definition) is 6. The average Bonchev–Trinajstić information content (AvgIpc) is 2.69. The average molecular weight is 278 g/mol. The third kappa shape index (κ3) is 2.86. The molecule has 0 amide bonds. The van der Waals surface area contributed by atoms with E-state index in [1.165, 1.54) is 12.4 Å². The Labute approximate surface area is 102 Å². The Morgan fingerprint density at radius 3 is 2.71 bits per heavy atom. The normalized spacial score (nSPS) is 11.7. The number of aromatic nitrogens is 3. The first-order chi connectivity index (χ1) is 7.97. The molecule has 2 aromatic heterocycles. The van der Waals surface area contributed by atoms with Gasteiger partial charge in [-0.1, -0.05) is 11.8 Å². The molecule has 2 heterocycles. The van der Waals surface area contributed by atoms with E-state index in [-0.39, 0.29) is 4.34 Å². The van der Waals surface area contributed by atoms with Crippen molar-refractivity contribution in [1.82, 2.24) is 14.3 Å². The van der Waals surface area contributed by atoms with Crippen LogP contribution in [0.2, 0.25) is 0 Å². The van der Waals surface area contributed by atoms with Gasteiger partial charge in [0.05, 0.1) is 11.9 Å². The Balaban J connectivity index is 2.21. The van der Waals surface area contributed by atoms with Crippen molar-refractivity contribution >= 4 is 29.0 Å². The van der Waals surface area contributed by atoms with Crippen LogP contribution in [0.15, 0.2) is 27.7 Å². The van der Waals surface area contributed by atoms with E-state index >= 15 is 0 Å². The van der Waals surface area contributed by atoms with Gasteiger partial charge in [-0.15, -0.1) is 0 Å². The maximum atomic E-state index is 12.3. The van der Waals surface area contributed by atoms with Crippen molar-refractivity contribution in [3.05, 3.63) is 24.3 Å². The minimum absolute atomic E-state index is 0.190. The van der Waals surface area contributed by atoms with E-state index in [4.69, 9.17) is 5.73 Å². The SMILES string of the molecule is Nc1cnccc1Sc1nc(C(F)(F)F)ns1. The summed E-state index contributed by atoms with van der Waals surface area (Å²) < 4.78 is 40.2. The first-order valence-electron chi connectivity index (χ1n) is 4.25. The molecule has 0 bridgehead atoms. The van der Waals surface area contributed by atoms with Gasteiger partial charge in [0.1, 0.15) is 0 Å². The van der Waals surface area contributed by atoms with Gasteiger partial charge in [0.2, 0.25) is 5.82 Å². The van der Waals surface area contributed by atoms with Gasteiger partial charge >= 0.3 is 6.18 Å². The molecular formula is C8H5F3N4S2. The lowest BCUT2D eigenvalue weighted by atomic mass is 10.4. The third-order valence-corrected chi connectivity index (χ3v) is 3.51. The van der Waals surface area contributed by atoms with Crippen LogP contribution in [0, 0.1) is 0 Å². The van der Waals surface area contributed by atoms with E-state index < -0.39 is 12.0 Å². The summed E-state index contributed by atoms with van der Waals surface area (Å²) in [5, 5.41) is 0. The molecule has 2 rings (SSSR count). The van der Waals surface area contributed by atoms with Crippen molar-refractivity contribution in [3.8, 4) is 0 Å². The first kappa shape index (κ1) is 12.1. The summed E-state index contributed by atoms with van der Waals surface area (Å²) in [5.41, 5.74) is 6.00. The Kier molecular flexibility index (Phi) is 3.20. The van der Waals surface area contributed by atoms with Crippen molar-refractivity contribution < 1.29 is 13.2 Å². The molecule has 0 spiro atoms. The van der Waals surface area contributed by atoms with Gasteiger partial charge in [0, 0.05) is 11.1 Å². The van der Waals surface area contributed by atoms with E-state index in [0.29, 0.717) is 22.1 Å². The second-order valence-electron chi connectivity index (χ2n) is 2.90. The molecule has 17 heavy (non-hydrogen) atoms. The highest BCUT2D eigenvalue weighted by Gasteiger charge is 2.36. The Morgan fingerprint density at radius 1 is 1.35 bits per heavy atom. The van der Waals surface area contributed by atoms with E-state index in [2.05, 4.69) is 14.3 Å². The number of nitrogens with zero attached hydrogens (tertiary/aromatic N) is 3. The lowest BCUT2D eigenvalue weighted by Gasteiger charge is -2.00. The predicted molar refractivity (Wildman–Crippen MR) is 57.7 cm³/mol. The van der Waals surface area contributed by atoms with Gasteiger partial charge in [-0.25, -0.2) is 4.98 Å². The molecule has 0 fully saturated rings. The molecule has 0 saturated heterocycles. The summed E-state index contributed by atoms with van der Waals surface area (Å²) in [6.07, 6.45) is -1.59. The van der Waals surface area contributed by atoms with Crippen molar-refractivity contribution in [2.24, 2.45) is 0 Å². The highest BCUT2D eigenvalue weighted by Crippen LogP contribution is 2.35. The second kappa shape index (κ2) is 4.49. The van der Waals surface area contributed by atoms with Crippen LogP contribution in [0.3, 0.4) is 0 Å². The molecule has 2 N–H and O–H groups in total. The Bertz CT molecular complexity index is 525. The van der Waals surface area contributed by atoms with Crippen LogP contribution in [0.5, 0.6) is 0 Å². The quantitative estimate of drug-likeness (QED) is 0.915. The van der Waals surface area contributed by atoms with Crippen LogP contribution >= 0.6 is 23.3 Å². The molecule has 0 unspecified atom stereocenters. The molecule has 0 aromatic carbocycles.